The van der Waals surface area contributed by atoms with Crippen LogP contribution < -0.4 is 10.1 Å². The fourth-order valence-corrected chi connectivity index (χ4v) is 1.16. The maximum atomic E-state index is 12.8. The SMILES string of the molecule is C#CCNC(=O)COc1ccc(F)cc1CO. The normalized spacial score (nSPS) is 9.47. The minimum absolute atomic E-state index is 0.123. The Morgan fingerprint density at radius 2 is 2.35 bits per heavy atom. The van der Waals surface area contributed by atoms with E-state index in [4.69, 9.17) is 16.3 Å². The van der Waals surface area contributed by atoms with Crippen molar-refractivity contribution in [3.05, 3.63) is 29.6 Å². The summed E-state index contributed by atoms with van der Waals surface area (Å²) >= 11 is 0. The van der Waals surface area contributed by atoms with E-state index in [0.29, 0.717) is 0 Å². The van der Waals surface area contributed by atoms with Crippen molar-refractivity contribution in [3.8, 4) is 18.1 Å². The van der Waals surface area contributed by atoms with E-state index >= 15 is 0 Å². The molecule has 0 unspecified atom stereocenters. The summed E-state index contributed by atoms with van der Waals surface area (Å²) in [5, 5.41) is 11.4. The second-order valence-corrected chi connectivity index (χ2v) is 3.18. The first-order chi connectivity index (χ1) is 8.17. The number of terminal acetylenes is 1. The summed E-state index contributed by atoms with van der Waals surface area (Å²) in [6.45, 7) is -0.474. The lowest BCUT2D eigenvalue weighted by molar-refractivity contribution is -0.122. The lowest BCUT2D eigenvalue weighted by atomic mass is 10.2. The Bertz CT molecular complexity index is 440. The lowest BCUT2D eigenvalue weighted by Crippen LogP contribution is -2.29. The van der Waals surface area contributed by atoms with Gasteiger partial charge in [0, 0.05) is 5.56 Å². The van der Waals surface area contributed by atoms with Crippen LogP contribution in [0.5, 0.6) is 5.75 Å². The van der Waals surface area contributed by atoms with Gasteiger partial charge >= 0.3 is 0 Å². The number of carbonyl (C=O) groups excluding carboxylic acids is 1. The van der Waals surface area contributed by atoms with E-state index in [2.05, 4.69) is 11.2 Å². The van der Waals surface area contributed by atoms with E-state index in [1.807, 2.05) is 0 Å². The number of rotatable bonds is 5. The van der Waals surface area contributed by atoms with Gasteiger partial charge in [0.2, 0.25) is 0 Å². The van der Waals surface area contributed by atoms with Gasteiger partial charge in [-0.25, -0.2) is 4.39 Å². The Morgan fingerprint density at radius 3 is 3.00 bits per heavy atom. The Kier molecular flexibility index (Phi) is 4.98. The van der Waals surface area contributed by atoms with Crippen molar-refractivity contribution in [2.75, 3.05) is 13.2 Å². The Balaban J connectivity index is 2.57. The van der Waals surface area contributed by atoms with Crippen molar-refractivity contribution in [3.63, 3.8) is 0 Å². The monoisotopic (exact) mass is 237 g/mol. The number of hydrogen-bond acceptors (Lipinski definition) is 3. The van der Waals surface area contributed by atoms with E-state index in [-0.39, 0.29) is 37.0 Å². The summed E-state index contributed by atoms with van der Waals surface area (Å²) in [5.41, 5.74) is 0.287. The molecule has 1 amide bonds. The van der Waals surface area contributed by atoms with Crippen LogP contribution in [-0.2, 0) is 11.4 Å². The van der Waals surface area contributed by atoms with Crippen molar-refractivity contribution < 1.29 is 19.0 Å². The summed E-state index contributed by atoms with van der Waals surface area (Å²) in [5.74, 6) is 1.67. The second kappa shape index (κ2) is 6.51. The number of amides is 1. The molecule has 0 fully saturated rings. The zero-order valence-corrected chi connectivity index (χ0v) is 9.07. The van der Waals surface area contributed by atoms with Crippen molar-refractivity contribution >= 4 is 5.91 Å². The van der Waals surface area contributed by atoms with Gasteiger partial charge in [-0.3, -0.25) is 4.79 Å². The molecule has 90 valence electrons. The quantitative estimate of drug-likeness (QED) is 0.731. The second-order valence-electron chi connectivity index (χ2n) is 3.18. The van der Waals surface area contributed by atoms with Crippen LogP contribution in [0, 0.1) is 18.2 Å². The highest BCUT2D eigenvalue weighted by Crippen LogP contribution is 2.19. The van der Waals surface area contributed by atoms with Crippen LogP contribution in [0.4, 0.5) is 4.39 Å². The molecule has 0 aliphatic rings. The highest BCUT2D eigenvalue weighted by atomic mass is 19.1. The van der Waals surface area contributed by atoms with E-state index < -0.39 is 5.82 Å². The Labute approximate surface area is 98.4 Å². The van der Waals surface area contributed by atoms with Crippen molar-refractivity contribution in [2.45, 2.75) is 6.61 Å². The number of benzene rings is 1. The fraction of sp³-hybridized carbons (Fsp3) is 0.250. The molecule has 0 spiro atoms. The molecular formula is C12H12FNO3. The number of ether oxygens (including phenoxy) is 1. The number of aliphatic hydroxyl groups is 1. The molecule has 0 aliphatic heterocycles. The van der Waals surface area contributed by atoms with Crippen LogP contribution >= 0.6 is 0 Å². The van der Waals surface area contributed by atoms with E-state index in [0.717, 1.165) is 6.07 Å². The number of nitrogens with one attached hydrogen (secondary N) is 1. The van der Waals surface area contributed by atoms with E-state index in [1.54, 1.807) is 0 Å². The fourth-order valence-electron chi connectivity index (χ4n) is 1.16. The largest absolute Gasteiger partial charge is 0.483 e. The predicted octanol–water partition coefficient (Wildman–Crippen LogP) is 0.446. The third kappa shape index (κ3) is 4.13. The molecule has 0 bridgehead atoms. The molecule has 17 heavy (non-hydrogen) atoms. The first kappa shape index (κ1) is 13.0. The smallest absolute Gasteiger partial charge is 0.258 e. The number of aliphatic hydroxyl groups excluding tert-OH is 1. The molecule has 4 nitrogen and oxygen atoms in total. The lowest BCUT2D eigenvalue weighted by Gasteiger charge is -2.09. The van der Waals surface area contributed by atoms with Crippen molar-refractivity contribution in [1.82, 2.24) is 5.32 Å². The van der Waals surface area contributed by atoms with Gasteiger partial charge in [0.1, 0.15) is 11.6 Å². The first-order valence-electron chi connectivity index (χ1n) is 4.89. The number of hydrogen-bond donors (Lipinski definition) is 2. The molecular weight excluding hydrogens is 225 g/mol. The van der Waals surface area contributed by atoms with Crippen LogP contribution in [0.1, 0.15) is 5.56 Å². The van der Waals surface area contributed by atoms with Gasteiger partial charge in [0.15, 0.2) is 6.61 Å². The molecule has 0 heterocycles. The van der Waals surface area contributed by atoms with Gasteiger partial charge < -0.3 is 15.2 Å². The predicted molar refractivity (Wildman–Crippen MR) is 59.7 cm³/mol. The molecule has 0 aliphatic carbocycles. The van der Waals surface area contributed by atoms with Crippen LogP contribution in [0.15, 0.2) is 18.2 Å². The average Bonchev–Trinajstić information content (AvgIpc) is 2.34. The third-order valence-corrected chi connectivity index (χ3v) is 1.94. The molecule has 1 aromatic rings. The van der Waals surface area contributed by atoms with E-state index in [1.165, 1.54) is 12.1 Å². The maximum Gasteiger partial charge on any atom is 0.258 e. The number of carbonyl (C=O) groups is 1. The molecule has 1 rings (SSSR count). The van der Waals surface area contributed by atoms with Crippen LogP contribution in [0.3, 0.4) is 0 Å². The van der Waals surface area contributed by atoms with Gasteiger partial charge in [-0.1, -0.05) is 5.92 Å². The van der Waals surface area contributed by atoms with Crippen LogP contribution in [0.2, 0.25) is 0 Å². The van der Waals surface area contributed by atoms with Crippen molar-refractivity contribution in [1.29, 1.82) is 0 Å². The Morgan fingerprint density at radius 1 is 1.59 bits per heavy atom. The van der Waals surface area contributed by atoms with Gasteiger partial charge in [-0.2, -0.15) is 0 Å². The average molecular weight is 237 g/mol. The minimum Gasteiger partial charge on any atom is -0.483 e. The van der Waals surface area contributed by atoms with Crippen molar-refractivity contribution in [2.24, 2.45) is 0 Å². The maximum absolute atomic E-state index is 12.8. The summed E-state index contributed by atoms with van der Waals surface area (Å²) in [6, 6.07) is 3.69. The molecule has 0 radical (unpaired) electrons. The van der Waals surface area contributed by atoms with Gasteiger partial charge in [-0.05, 0) is 18.2 Å². The van der Waals surface area contributed by atoms with E-state index in [9.17, 15) is 9.18 Å². The van der Waals surface area contributed by atoms with Crippen LogP contribution in [0.25, 0.3) is 0 Å². The first-order valence-corrected chi connectivity index (χ1v) is 4.89. The minimum atomic E-state index is -0.474. The highest BCUT2D eigenvalue weighted by Gasteiger charge is 2.07. The molecule has 0 saturated heterocycles. The zero-order valence-electron chi connectivity index (χ0n) is 9.07. The highest BCUT2D eigenvalue weighted by molar-refractivity contribution is 5.77. The molecule has 5 heteroatoms. The van der Waals surface area contributed by atoms with Crippen LogP contribution in [-0.4, -0.2) is 24.2 Å². The third-order valence-electron chi connectivity index (χ3n) is 1.94. The van der Waals surface area contributed by atoms with Gasteiger partial charge in [-0.15, -0.1) is 6.42 Å². The zero-order chi connectivity index (χ0) is 12.7. The standard InChI is InChI=1S/C12H12FNO3/c1-2-5-14-12(16)8-17-11-4-3-10(13)6-9(11)7-15/h1,3-4,6,15H,5,7-8H2,(H,14,16). The molecule has 1 aromatic carbocycles. The topological polar surface area (TPSA) is 58.6 Å². The summed E-state index contributed by atoms with van der Waals surface area (Å²) in [6.07, 6.45) is 4.97. The molecule has 0 atom stereocenters. The Hall–Kier alpha value is -2.06. The molecule has 2 N–H and O–H groups in total. The summed E-state index contributed by atoms with van der Waals surface area (Å²) in [7, 11) is 0. The molecule has 0 aromatic heterocycles. The molecule has 0 saturated carbocycles. The summed E-state index contributed by atoms with van der Waals surface area (Å²) < 4.78 is 18.0. The van der Waals surface area contributed by atoms with Gasteiger partial charge in [0.05, 0.1) is 13.2 Å². The van der Waals surface area contributed by atoms with Gasteiger partial charge in [0.25, 0.3) is 5.91 Å². The number of halogens is 1. The summed E-state index contributed by atoms with van der Waals surface area (Å²) in [4.78, 5) is 11.2.